The summed E-state index contributed by atoms with van der Waals surface area (Å²) in [5.41, 5.74) is 1.24. The third kappa shape index (κ3) is 7.15. The number of benzene rings is 3. The number of carbonyl (C=O) groups excluding carboxylic acids is 3. The number of amides is 3. The van der Waals surface area contributed by atoms with E-state index in [-0.39, 0.29) is 29.2 Å². The Bertz CT molecular complexity index is 1260. The Morgan fingerprint density at radius 3 is 2.24 bits per heavy atom. The minimum Gasteiger partial charge on any atom is -0.488 e. The number of rotatable bonds is 9. The van der Waals surface area contributed by atoms with Gasteiger partial charge in [0.15, 0.2) is 0 Å². The zero-order valence-electron chi connectivity index (χ0n) is 17.5. The maximum Gasteiger partial charge on any atom is 0.446 e. The van der Waals surface area contributed by atoms with Crippen LogP contribution < -0.4 is 19.6 Å². The van der Waals surface area contributed by atoms with E-state index in [2.05, 4.69) is 14.8 Å². The molecule has 3 N–H and O–H groups in total. The lowest BCUT2D eigenvalue weighted by molar-refractivity contribution is 0.0959. The number of nitrogens with one attached hydrogen (secondary N) is 2. The third-order valence-corrected chi connectivity index (χ3v) is 4.81. The Kier molecular flexibility index (Phi) is 7.96. The number of para-hydroxylation sites is 1. The normalized spacial score (nSPS) is 11.7. The molecule has 34 heavy (non-hydrogen) atoms. The molecule has 175 valence electrons. The zero-order chi connectivity index (χ0) is 24.6. The third-order valence-electron chi connectivity index (χ3n) is 4.40. The molecule has 3 rings (SSSR count). The van der Waals surface area contributed by atoms with E-state index in [1.165, 1.54) is 30.3 Å². The van der Waals surface area contributed by atoms with E-state index in [9.17, 15) is 22.8 Å². The summed E-state index contributed by atoms with van der Waals surface area (Å²) in [4.78, 5) is 36.3. The molecule has 0 saturated heterocycles. The van der Waals surface area contributed by atoms with Crippen molar-refractivity contribution in [2.45, 2.75) is 12.6 Å². The van der Waals surface area contributed by atoms with Crippen LogP contribution in [0.25, 0.3) is 0 Å². The molecule has 0 aromatic heterocycles. The maximum atomic E-state index is 12.6. The highest BCUT2D eigenvalue weighted by Gasteiger charge is 2.19. The predicted octanol–water partition coefficient (Wildman–Crippen LogP) is 2.74. The minimum absolute atomic E-state index is 0.118. The van der Waals surface area contributed by atoms with Crippen molar-refractivity contribution >= 4 is 28.6 Å². The summed E-state index contributed by atoms with van der Waals surface area (Å²) >= 11 is 0. The van der Waals surface area contributed by atoms with Crippen molar-refractivity contribution in [3.05, 3.63) is 95.6 Å². The highest BCUT2D eigenvalue weighted by molar-refractivity contribution is 7.81. The number of hydrogen-bond acceptors (Lipinski definition) is 7. The fraction of sp³-hybridized carbons (Fsp3) is 0.0870. The molecule has 0 fully saturated rings. The number of ether oxygens (including phenoxy) is 1. The van der Waals surface area contributed by atoms with E-state index < -0.39 is 28.4 Å². The molecule has 0 bridgehead atoms. The van der Waals surface area contributed by atoms with Crippen molar-refractivity contribution in [2.75, 3.05) is 0 Å². The zero-order valence-corrected chi connectivity index (χ0v) is 18.3. The van der Waals surface area contributed by atoms with Gasteiger partial charge in [0.25, 0.3) is 5.91 Å². The van der Waals surface area contributed by atoms with Gasteiger partial charge >= 0.3 is 16.4 Å². The topological polar surface area (TPSA) is 148 Å². The van der Waals surface area contributed by atoms with Gasteiger partial charge in [-0.15, -0.1) is 0 Å². The highest BCUT2D eigenvalue weighted by atomic mass is 32.3. The molecule has 1 atom stereocenters. The molecule has 1 radical (unpaired) electrons. The number of carbonyl (C=O) groups is 2. The summed E-state index contributed by atoms with van der Waals surface area (Å²) in [7, 11) is -4.70. The van der Waals surface area contributed by atoms with Crippen LogP contribution in [0.3, 0.4) is 0 Å². The monoisotopic (exact) mass is 483 g/mol. The lowest BCUT2D eigenvalue weighted by atomic mass is 10.1. The summed E-state index contributed by atoms with van der Waals surface area (Å²) < 4.78 is 40.2. The first-order chi connectivity index (χ1) is 16.2. The average molecular weight is 483 g/mol. The predicted molar refractivity (Wildman–Crippen MR) is 120 cm³/mol. The van der Waals surface area contributed by atoms with Gasteiger partial charge in [-0.05, 0) is 35.4 Å². The molecule has 10 nitrogen and oxygen atoms in total. The summed E-state index contributed by atoms with van der Waals surface area (Å²) in [6, 6.07) is 18.4. The number of hydrogen-bond donors (Lipinski definition) is 3. The van der Waals surface area contributed by atoms with Crippen LogP contribution in [0.2, 0.25) is 0 Å². The van der Waals surface area contributed by atoms with Crippen LogP contribution in [0, 0.1) is 0 Å². The molecule has 0 spiro atoms. The Morgan fingerprint density at radius 2 is 1.59 bits per heavy atom. The summed E-state index contributed by atoms with van der Waals surface area (Å²) in [6.07, 6.45) is 1.61. The van der Waals surface area contributed by atoms with E-state index >= 15 is 0 Å². The molecule has 0 aliphatic heterocycles. The minimum atomic E-state index is -4.70. The van der Waals surface area contributed by atoms with Crippen LogP contribution in [0.1, 0.15) is 27.5 Å². The molecule has 0 saturated carbocycles. The number of imide groups is 1. The van der Waals surface area contributed by atoms with Crippen LogP contribution in [0.15, 0.2) is 78.9 Å². The number of urea groups is 1. The largest absolute Gasteiger partial charge is 0.488 e. The molecule has 0 aliphatic carbocycles. The van der Waals surface area contributed by atoms with Crippen molar-refractivity contribution in [3.8, 4) is 11.5 Å². The van der Waals surface area contributed by atoms with Crippen LogP contribution in [0.4, 0.5) is 4.79 Å². The molecular formula is C23H19N2O8S. The van der Waals surface area contributed by atoms with Gasteiger partial charge in [0, 0.05) is 0 Å². The molecular weight excluding hydrogens is 464 g/mol. The fourth-order valence-electron chi connectivity index (χ4n) is 2.87. The van der Waals surface area contributed by atoms with Crippen LogP contribution in [-0.4, -0.2) is 31.2 Å². The van der Waals surface area contributed by atoms with Crippen molar-refractivity contribution in [3.63, 3.8) is 0 Å². The molecule has 3 amide bonds. The van der Waals surface area contributed by atoms with Gasteiger partial charge in [-0.3, -0.25) is 19.5 Å². The molecule has 0 heterocycles. The Morgan fingerprint density at radius 1 is 0.941 bits per heavy atom. The van der Waals surface area contributed by atoms with Gasteiger partial charge in [0.2, 0.25) is 6.29 Å². The van der Waals surface area contributed by atoms with Crippen LogP contribution in [0.5, 0.6) is 11.5 Å². The molecule has 3 aromatic rings. The average Bonchev–Trinajstić information content (AvgIpc) is 2.81. The van der Waals surface area contributed by atoms with Crippen molar-refractivity contribution in [1.29, 1.82) is 0 Å². The van der Waals surface area contributed by atoms with E-state index in [1.807, 2.05) is 30.3 Å². The van der Waals surface area contributed by atoms with E-state index in [0.717, 1.165) is 5.56 Å². The van der Waals surface area contributed by atoms with Crippen LogP contribution in [-0.2, 0) is 21.8 Å². The van der Waals surface area contributed by atoms with Crippen molar-refractivity contribution < 1.29 is 36.3 Å². The van der Waals surface area contributed by atoms with Gasteiger partial charge in [0.1, 0.15) is 24.1 Å². The first kappa shape index (κ1) is 24.4. The maximum absolute atomic E-state index is 12.6. The Balaban J connectivity index is 1.63. The molecule has 3 aromatic carbocycles. The second-order valence-electron chi connectivity index (χ2n) is 6.83. The Hall–Kier alpha value is -4.22. The molecule has 0 aliphatic rings. The van der Waals surface area contributed by atoms with Crippen LogP contribution >= 0.6 is 0 Å². The van der Waals surface area contributed by atoms with E-state index in [4.69, 9.17) is 9.29 Å². The second kappa shape index (κ2) is 11.1. The highest BCUT2D eigenvalue weighted by Crippen LogP contribution is 2.20. The van der Waals surface area contributed by atoms with Gasteiger partial charge < -0.3 is 14.2 Å². The smallest absolute Gasteiger partial charge is 0.446 e. The summed E-state index contributed by atoms with van der Waals surface area (Å²) in [6.45, 7) is 0.219. The van der Waals surface area contributed by atoms with E-state index in [1.54, 1.807) is 24.5 Å². The summed E-state index contributed by atoms with van der Waals surface area (Å²) in [5, 5.41) is 4.41. The quantitative estimate of drug-likeness (QED) is 0.394. The Labute approximate surface area is 195 Å². The lowest BCUT2D eigenvalue weighted by Gasteiger charge is -2.14. The first-order valence-electron chi connectivity index (χ1n) is 9.77. The molecule has 11 heteroatoms. The molecule has 1 unspecified atom stereocenters. The van der Waals surface area contributed by atoms with Gasteiger partial charge in [-0.2, -0.15) is 8.42 Å². The lowest BCUT2D eigenvalue weighted by Crippen LogP contribution is -2.41. The van der Waals surface area contributed by atoms with Gasteiger partial charge in [-0.1, -0.05) is 54.6 Å². The standard InChI is InChI=1S/C23H19N2O8S/c26-14-20(17-10-12-18(13-11-17)33-34(29,30)31)24-23(28)25-22(27)19-8-4-5-9-21(19)32-15-16-6-2-1-3-7-16/h1-13,20H,15H2,(H,29,30,31)(H2,24,25,27,28). The fourth-order valence-corrected chi connectivity index (χ4v) is 3.23. The van der Waals surface area contributed by atoms with E-state index in [0.29, 0.717) is 0 Å². The van der Waals surface area contributed by atoms with Crippen molar-refractivity contribution in [2.24, 2.45) is 0 Å². The first-order valence-corrected chi connectivity index (χ1v) is 11.1. The summed E-state index contributed by atoms with van der Waals surface area (Å²) in [5.74, 6) is -0.685. The second-order valence-corrected chi connectivity index (χ2v) is 7.85. The van der Waals surface area contributed by atoms with Gasteiger partial charge in [0.05, 0.1) is 5.56 Å². The van der Waals surface area contributed by atoms with Crippen molar-refractivity contribution in [1.82, 2.24) is 10.6 Å². The van der Waals surface area contributed by atoms with Gasteiger partial charge in [-0.25, -0.2) is 4.79 Å². The SMILES string of the molecule is O=[C]C(NC(=O)NC(=O)c1ccccc1OCc1ccccc1)c1ccc(OS(=O)(=O)O)cc1.